The fraction of sp³-hybridized carbons (Fsp3) is 0.333. The van der Waals surface area contributed by atoms with E-state index in [9.17, 15) is 18.0 Å². The Labute approximate surface area is 284 Å². The highest BCUT2D eigenvalue weighted by Crippen LogP contribution is 2.28. The molecule has 0 aromatic heterocycles. The molecule has 4 aromatic carbocycles. The van der Waals surface area contributed by atoms with Crippen LogP contribution in [0, 0.1) is 13.8 Å². The van der Waals surface area contributed by atoms with Gasteiger partial charge in [-0.1, -0.05) is 103 Å². The first-order valence-electron chi connectivity index (χ1n) is 16.6. The molecule has 252 valence electrons. The Balaban J connectivity index is 1.57. The van der Waals surface area contributed by atoms with Crippen molar-refractivity contribution in [3.05, 3.63) is 125 Å². The number of aryl methyl sites for hydroxylation is 2. The molecule has 8 nitrogen and oxygen atoms in total. The van der Waals surface area contributed by atoms with Crippen molar-refractivity contribution >= 4 is 27.5 Å². The van der Waals surface area contributed by atoms with E-state index in [0.717, 1.165) is 58.7 Å². The Morgan fingerprint density at radius 1 is 0.812 bits per heavy atom. The predicted octanol–water partition coefficient (Wildman–Crippen LogP) is 6.60. The number of nitrogens with zero attached hydrogens (tertiary/aromatic N) is 2. The molecule has 1 saturated carbocycles. The highest BCUT2D eigenvalue weighted by Gasteiger charge is 2.35. The number of ether oxygens (including phenoxy) is 1. The minimum atomic E-state index is -4.20. The molecule has 0 saturated heterocycles. The highest BCUT2D eigenvalue weighted by atomic mass is 32.2. The fourth-order valence-electron chi connectivity index (χ4n) is 6.24. The minimum absolute atomic E-state index is 0.0376. The Hall–Kier alpha value is -4.63. The van der Waals surface area contributed by atoms with Gasteiger partial charge in [-0.2, -0.15) is 0 Å². The van der Waals surface area contributed by atoms with Crippen molar-refractivity contribution in [2.45, 2.75) is 75.9 Å². The van der Waals surface area contributed by atoms with Crippen molar-refractivity contribution in [1.82, 2.24) is 10.2 Å². The van der Waals surface area contributed by atoms with Gasteiger partial charge in [-0.3, -0.25) is 13.9 Å². The van der Waals surface area contributed by atoms with E-state index in [1.807, 2.05) is 68.4 Å². The number of benzene rings is 4. The van der Waals surface area contributed by atoms with Crippen LogP contribution >= 0.6 is 0 Å². The van der Waals surface area contributed by atoms with Crippen LogP contribution in [0.3, 0.4) is 0 Å². The van der Waals surface area contributed by atoms with Crippen LogP contribution in [0.2, 0.25) is 0 Å². The molecule has 1 aliphatic carbocycles. The van der Waals surface area contributed by atoms with Crippen LogP contribution in [0.25, 0.3) is 0 Å². The van der Waals surface area contributed by atoms with Gasteiger partial charge in [0.2, 0.25) is 11.8 Å². The largest absolute Gasteiger partial charge is 0.497 e. The molecule has 0 heterocycles. The van der Waals surface area contributed by atoms with Crippen LogP contribution < -0.4 is 14.4 Å². The number of carbonyl (C=O) groups excluding carboxylic acids is 2. The summed E-state index contributed by atoms with van der Waals surface area (Å²) in [5.41, 5.74) is 3.97. The third-order valence-corrected chi connectivity index (χ3v) is 10.7. The van der Waals surface area contributed by atoms with Crippen molar-refractivity contribution in [3.8, 4) is 5.75 Å². The van der Waals surface area contributed by atoms with Crippen molar-refractivity contribution < 1.29 is 22.7 Å². The summed E-state index contributed by atoms with van der Waals surface area (Å²) in [6, 6.07) is 29.8. The first-order valence-corrected chi connectivity index (χ1v) is 18.0. The van der Waals surface area contributed by atoms with Crippen LogP contribution in [0.5, 0.6) is 5.75 Å². The molecule has 5 rings (SSSR count). The molecule has 1 atom stereocenters. The Morgan fingerprint density at radius 3 is 2.19 bits per heavy atom. The number of hydrogen-bond donors (Lipinski definition) is 1. The second-order valence-corrected chi connectivity index (χ2v) is 14.4. The Morgan fingerprint density at radius 2 is 1.50 bits per heavy atom. The Bertz CT molecular complexity index is 1790. The number of amides is 2. The van der Waals surface area contributed by atoms with Gasteiger partial charge in [0.25, 0.3) is 10.0 Å². The van der Waals surface area contributed by atoms with Crippen LogP contribution in [0.4, 0.5) is 5.69 Å². The zero-order valence-corrected chi connectivity index (χ0v) is 28.8. The van der Waals surface area contributed by atoms with E-state index in [-0.39, 0.29) is 35.5 Å². The number of methoxy groups -OCH3 is 1. The monoisotopic (exact) mass is 667 g/mol. The maximum atomic E-state index is 14.7. The molecule has 0 radical (unpaired) electrons. The molecule has 0 unspecified atom stereocenters. The summed E-state index contributed by atoms with van der Waals surface area (Å²) >= 11 is 0. The summed E-state index contributed by atoms with van der Waals surface area (Å²) in [6.45, 7) is 3.48. The van der Waals surface area contributed by atoms with Gasteiger partial charge in [-0.05, 0) is 62.1 Å². The number of nitrogens with one attached hydrogen (secondary N) is 1. The average molecular weight is 668 g/mol. The van der Waals surface area contributed by atoms with Crippen molar-refractivity contribution in [1.29, 1.82) is 0 Å². The molecule has 1 N–H and O–H groups in total. The van der Waals surface area contributed by atoms with Crippen LogP contribution in [0.15, 0.2) is 108 Å². The smallest absolute Gasteiger partial charge is 0.264 e. The van der Waals surface area contributed by atoms with E-state index in [1.54, 1.807) is 53.4 Å². The lowest BCUT2D eigenvalue weighted by molar-refractivity contribution is -0.140. The lowest BCUT2D eigenvalue weighted by Gasteiger charge is -2.35. The number of rotatable bonds is 13. The van der Waals surface area contributed by atoms with Crippen molar-refractivity contribution in [2.24, 2.45) is 0 Å². The molecule has 0 spiro atoms. The maximum absolute atomic E-state index is 14.7. The van der Waals surface area contributed by atoms with Gasteiger partial charge in [0.05, 0.1) is 17.7 Å². The molecule has 9 heteroatoms. The van der Waals surface area contributed by atoms with E-state index in [0.29, 0.717) is 5.75 Å². The van der Waals surface area contributed by atoms with Gasteiger partial charge >= 0.3 is 0 Å². The normalized spacial score (nSPS) is 14.1. The lowest BCUT2D eigenvalue weighted by Crippen LogP contribution is -2.55. The second kappa shape index (κ2) is 16.0. The van der Waals surface area contributed by atoms with Gasteiger partial charge in [-0.15, -0.1) is 0 Å². The first kappa shape index (κ1) is 34.7. The standard InChI is InChI=1S/C39H45N3O5S/c1-29-20-22-36(23-21-29)48(45,46)42(34-18-11-19-35(26-34)47-3)28-38(43)41(27-32-15-10-12-30(2)24-32)37(25-31-13-6-4-7-14-31)39(44)40-33-16-8-5-9-17-33/h4,6-7,10-15,18-24,26,33,37H,5,8-9,16-17,25,27-28H2,1-3H3,(H,40,44)/t37-/m0/s1. The summed E-state index contributed by atoms with van der Waals surface area (Å²) in [7, 11) is -2.70. The predicted molar refractivity (Wildman–Crippen MR) is 189 cm³/mol. The number of hydrogen-bond acceptors (Lipinski definition) is 5. The molecule has 2 amide bonds. The summed E-state index contributed by atoms with van der Waals surface area (Å²) in [4.78, 5) is 30.6. The molecular formula is C39H45N3O5S. The van der Waals surface area contributed by atoms with Crippen molar-refractivity contribution in [2.75, 3.05) is 18.0 Å². The molecule has 1 fully saturated rings. The number of sulfonamides is 1. The molecule has 0 aliphatic heterocycles. The maximum Gasteiger partial charge on any atom is 0.264 e. The van der Waals surface area contributed by atoms with Crippen molar-refractivity contribution in [3.63, 3.8) is 0 Å². The topological polar surface area (TPSA) is 96.0 Å². The summed E-state index contributed by atoms with van der Waals surface area (Å²) in [6.07, 6.45) is 5.31. The summed E-state index contributed by atoms with van der Waals surface area (Å²) in [5.74, 6) is -0.273. The van der Waals surface area contributed by atoms with E-state index < -0.39 is 28.5 Å². The first-order chi connectivity index (χ1) is 23.1. The van der Waals surface area contributed by atoms with Crippen LogP contribution in [0.1, 0.15) is 54.4 Å². The second-order valence-electron chi connectivity index (χ2n) is 12.6. The molecule has 4 aromatic rings. The van der Waals surface area contributed by atoms with E-state index >= 15 is 0 Å². The third-order valence-electron chi connectivity index (χ3n) is 8.89. The highest BCUT2D eigenvalue weighted by molar-refractivity contribution is 7.92. The number of carbonyl (C=O) groups is 2. The molecular weight excluding hydrogens is 623 g/mol. The fourth-order valence-corrected chi connectivity index (χ4v) is 7.64. The van der Waals surface area contributed by atoms with Gasteiger partial charge < -0.3 is 15.0 Å². The molecule has 48 heavy (non-hydrogen) atoms. The molecule has 1 aliphatic rings. The van der Waals surface area contributed by atoms with E-state index in [2.05, 4.69) is 5.32 Å². The minimum Gasteiger partial charge on any atom is -0.497 e. The summed E-state index contributed by atoms with van der Waals surface area (Å²) < 4.78 is 35.1. The number of anilines is 1. The lowest BCUT2D eigenvalue weighted by atomic mass is 9.94. The Kier molecular flexibility index (Phi) is 11.5. The van der Waals surface area contributed by atoms with Gasteiger partial charge in [0.1, 0.15) is 18.3 Å². The summed E-state index contributed by atoms with van der Waals surface area (Å²) in [5, 5.41) is 3.25. The molecule has 0 bridgehead atoms. The zero-order valence-electron chi connectivity index (χ0n) is 28.0. The van der Waals surface area contributed by atoms with E-state index in [1.165, 1.54) is 7.11 Å². The van der Waals surface area contributed by atoms with Crippen LogP contribution in [-0.4, -0.2) is 50.9 Å². The van der Waals surface area contributed by atoms with Gasteiger partial charge in [-0.25, -0.2) is 8.42 Å². The van der Waals surface area contributed by atoms with Gasteiger partial charge in [0.15, 0.2) is 0 Å². The zero-order chi connectivity index (χ0) is 34.1. The van der Waals surface area contributed by atoms with E-state index in [4.69, 9.17) is 4.74 Å². The quantitative estimate of drug-likeness (QED) is 0.174. The SMILES string of the molecule is COc1cccc(N(CC(=O)N(Cc2cccc(C)c2)[C@@H](Cc2ccccc2)C(=O)NC2CCCCC2)S(=O)(=O)c2ccc(C)cc2)c1. The van der Waals surface area contributed by atoms with Crippen LogP contribution in [-0.2, 0) is 32.6 Å². The third kappa shape index (κ3) is 8.83. The van der Waals surface area contributed by atoms with Gasteiger partial charge in [0, 0.05) is 25.1 Å². The average Bonchev–Trinajstić information content (AvgIpc) is 3.09.